The topological polar surface area (TPSA) is 116 Å². The Morgan fingerprint density at radius 2 is 2.17 bits per heavy atom. The molecule has 2 N–H and O–H groups in total. The summed E-state index contributed by atoms with van der Waals surface area (Å²) in [6, 6.07) is 3.74. The van der Waals surface area contributed by atoms with Gasteiger partial charge in [0.15, 0.2) is 6.61 Å². The third-order valence-electron chi connectivity index (χ3n) is 3.41. The summed E-state index contributed by atoms with van der Waals surface area (Å²) in [5.41, 5.74) is -0.0235. The van der Waals surface area contributed by atoms with Crippen LogP contribution >= 0.6 is 15.9 Å². The van der Waals surface area contributed by atoms with Gasteiger partial charge in [0.05, 0.1) is 23.2 Å². The van der Waals surface area contributed by atoms with Crippen molar-refractivity contribution < 1.29 is 27.5 Å². The lowest BCUT2D eigenvalue weighted by Crippen LogP contribution is -2.46. The molecule has 132 valence electrons. The number of nitrogens with two attached hydrogens (primary N) is 1. The molecule has 1 unspecified atom stereocenters. The highest BCUT2D eigenvalue weighted by atomic mass is 79.9. The molecule has 1 aliphatic heterocycles. The third-order valence-corrected chi connectivity index (χ3v) is 5.01. The van der Waals surface area contributed by atoms with Crippen molar-refractivity contribution in [3.05, 3.63) is 28.2 Å². The number of carbonyl (C=O) groups excluding carboxylic acids is 2. The Kier molecular flexibility index (Phi) is 5.97. The first-order valence-corrected chi connectivity index (χ1v) is 9.41. The Labute approximate surface area is 148 Å². The molecule has 10 heteroatoms. The molecular formula is C14H17BrN2O6S. The molecule has 1 fully saturated rings. The van der Waals surface area contributed by atoms with Crippen molar-refractivity contribution in [1.29, 1.82) is 0 Å². The lowest BCUT2D eigenvalue weighted by Gasteiger charge is -2.30. The molecule has 0 bridgehead atoms. The SMILES string of the molecule is CC1CN(C(=O)COC(=O)c2cc(S(N)(=O)=O)ccc2Br)CCO1. The molecular weight excluding hydrogens is 404 g/mol. The van der Waals surface area contributed by atoms with Crippen molar-refractivity contribution in [2.75, 3.05) is 26.3 Å². The monoisotopic (exact) mass is 420 g/mol. The minimum atomic E-state index is -3.95. The standard InChI is InChI=1S/C14H17BrN2O6S/c1-9-7-17(4-5-22-9)13(18)8-23-14(19)11-6-10(24(16,20)21)2-3-12(11)15/h2-3,6,9H,4-5,7-8H2,1H3,(H2,16,20,21). The summed E-state index contributed by atoms with van der Waals surface area (Å²) in [7, 11) is -3.95. The van der Waals surface area contributed by atoms with Crippen molar-refractivity contribution in [1.82, 2.24) is 4.90 Å². The minimum Gasteiger partial charge on any atom is -0.452 e. The van der Waals surface area contributed by atoms with Crippen LogP contribution in [-0.2, 0) is 24.3 Å². The van der Waals surface area contributed by atoms with Crippen LogP contribution in [0.3, 0.4) is 0 Å². The van der Waals surface area contributed by atoms with E-state index in [1.54, 1.807) is 4.90 Å². The summed E-state index contributed by atoms with van der Waals surface area (Å²) in [6.07, 6.45) is -0.0704. The number of benzene rings is 1. The summed E-state index contributed by atoms with van der Waals surface area (Å²) < 4.78 is 33.4. The van der Waals surface area contributed by atoms with E-state index in [4.69, 9.17) is 14.6 Å². The van der Waals surface area contributed by atoms with Gasteiger partial charge in [-0.1, -0.05) is 0 Å². The average molecular weight is 421 g/mol. The predicted octanol–water partition coefficient (Wildman–Crippen LogP) is 0.501. The minimum absolute atomic E-state index is 0.0235. The molecule has 2 rings (SSSR count). The number of nitrogens with zero attached hydrogens (tertiary/aromatic N) is 1. The van der Waals surface area contributed by atoms with E-state index in [2.05, 4.69) is 15.9 Å². The summed E-state index contributed by atoms with van der Waals surface area (Å²) in [4.78, 5) is 25.5. The van der Waals surface area contributed by atoms with Crippen molar-refractivity contribution in [3.8, 4) is 0 Å². The molecule has 1 atom stereocenters. The van der Waals surface area contributed by atoms with Gasteiger partial charge in [-0.2, -0.15) is 0 Å². The maximum absolute atomic E-state index is 12.1. The van der Waals surface area contributed by atoms with Crippen LogP contribution in [0, 0.1) is 0 Å². The van der Waals surface area contributed by atoms with Crippen LogP contribution in [0.5, 0.6) is 0 Å². The van der Waals surface area contributed by atoms with Crippen LogP contribution in [0.25, 0.3) is 0 Å². The number of sulfonamides is 1. The van der Waals surface area contributed by atoms with Gasteiger partial charge in [0.2, 0.25) is 10.0 Å². The van der Waals surface area contributed by atoms with Crippen LogP contribution in [-0.4, -0.2) is 57.6 Å². The third kappa shape index (κ3) is 4.76. The number of hydrogen-bond acceptors (Lipinski definition) is 6. The first kappa shape index (κ1) is 18.8. The van der Waals surface area contributed by atoms with Gasteiger partial charge >= 0.3 is 5.97 Å². The normalized spacial score (nSPS) is 18.3. The van der Waals surface area contributed by atoms with Crippen molar-refractivity contribution in [3.63, 3.8) is 0 Å². The zero-order valence-corrected chi connectivity index (χ0v) is 15.3. The van der Waals surface area contributed by atoms with Gasteiger partial charge in [-0.15, -0.1) is 0 Å². The number of morpholine rings is 1. The van der Waals surface area contributed by atoms with E-state index >= 15 is 0 Å². The van der Waals surface area contributed by atoms with E-state index in [9.17, 15) is 18.0 Å². The Balaban J connectivity index is 2.03. The number of esters is 1. The van der Waals surface area contributed by atoms with E-state index in [0.717, 1.165) is 6.07 Å². The lowest BCUT2D eigenvalue weighted by atomic mass is 10.2. The number of hydrogen-bond donors (Lipinski definition) is 1. The molecule has 0 aliphatic carbocycles. The second-order valence-corrected chi connectivity index (χ2v) is 7.70. The van der Waals surface area contributed by atoms with Gasteiger partial charge in [-0.05, 0) is 41.1 Å². The van der Waals surface area contributed by atoms with E-state index in [-0.39, 0.29) is 22.5 Å². The highest BCUT2D eigenvalue weighted by Gasteiger charge is 2.23. The molecule has 0 spiro atoms. The van der Waals surface area contributed by atoms with E-state index in [1.165, 1.54) is 12.1 Å². The maximum atomic E-state index is 12.1. The van der Waals surface area contributed by atoms with Gasteiger partial charge in [-0.3, -0.25) is 4.79 Å². The van der Waals surface area contributed by atoms with Gasteiger partial charge in [0.1, 0.15) is 0 Å². The fraction of sp³-hybridized carbons (Fsp3) is 0.429. The number of halogens is 1. The molecule has 1 aliphatic rings. The average Bonchev–Trinajstić information content (AvgIpc) is 2.51. The number of carbonyl (C=O) groups is 2. The van der Waals surface area contributed by atoms with Gasteiger partial charge in [0.25, 0.3) is 5.91 Å². The molecule has 0 saturated carbocycles. The zero-order chi connectivity index (χ0) is 17.9. The van der Waals surface area contributed by atoms with Crippen LogP contribution in [0.2, 0.25) is 0 Å². The molecule has 0 radical (unpaired) electrons. The summed E-state index contributed by atoms with van der Waals surface area (Å²) in [6.45, 7) is 2.72. The second kappa shape index (κ2) is 7.60. The quantitative estimate of drug-likeness (QED) is 0.708. The van der Waals surface area contributed by atoms with Crippen LogP contribution in [0.15, 0.2) is 27.6 Å². The fourth-order valence-electron chi connectivity index (χ4n) is 2.18. The molecule has 8 nitrogen and oxygen atoms in total. The van der Waals surface area contributed by atoms with Crippen LogP contribution < -0.4 is 5.14 Å². The first-order valence-electron chi connectivity index (χ1n) is 7.07. The Hall–Kier alpha value is -1.49. The zero-order valence-electron chi connectivity index (χ0n) is 12.9. The maximum Gasteiger partial charge on any atom is 0.339 e. The Morgan fingerprint density at radius 3 is 2.79 bits per heavy atom. The first-order chi connectivity index (χ1) is 11.2. The summed E-state index contributed by atoms with van der Waals surface area (Å²) in [5.74, 6) is -1.15. The lowest BCUT2D eigenvalue weighted by molar-refractivity contribution is -0.141. The van der Waals surface area contributed by atoms with E-state index < -0.39 is 22.6 Å². The second-order valence-electron chi connectivity index (χ2n) is 5.28. The Morgan fingerprint density at radius 1 is 1.46 bits per heavy atom. The summed E-state index contributed by atoms with van der Waals surface area (Å²) >= 11 is 3.14. The molecule has 1 amide bonds. The van der Waals surface area contributed by atoms with Crippen molar-refractivity contribution in [2.45, 2.75) is 17.9 Å². The van der Waals surface area contributed by atoms with Gasteiger partial charge < -0.3 is 14.4 Å². The number of rotatable bonds is 4. The molecule has 0 aromatic heterocycles. The molecule has 1 saturated heterocycles. The van der Waals surface area contributed by atoms with Gasteiger partial charge in [0, 0.05) is 17.6 Å². The summed E-state index contributed by atoms with van der Waals surface area (Å²) in [5, 5.41) is 5.04. The number of primary sulfonamides is 1. The number of amides is 1. The van der Waals surface area contributed by atoms with Crippen LogP contribution in [0.1, 0.15) is 17.3 Å². The molecule has 1 heterocycles. The van der Waals surface area contributed by atoms with Crippen molar-refractivity contribution >= 4 is 37.8 Å². The molecule has 1 aromatic rings. The molecule has 24 heavy (non-hydrogen) atoms. The largest absolute Gasteiger partial charge is 0.452 e. The Bertz CT molecular complexity index is 752. The highest BCUT2D eigenvalue weighted by molar-refractivity contribution is 9.10. The van der Waals surface area contributed by atoms with E-state index in [1.807, 2.05) is 6.92 Å². The molecule has 1 aromatic carbocycles. The van der Waals surface area contributed by atoms with Crippen LogP contribution in [0.4, 0.5) is 0 Å². The smallest absolute Gasteiger partial charge is 0.339 e. The van der Waals surface area contributed by atoms with Crippen molar-refractivity contribution in [2.24, 2.45) is 5.14 Å². The highest BCUT2D eigenvalue weighted by Crippen LogP contribution is 2.21. The predicted molar refractivity (Wildman–Crippen MR) is 87.8 cm³/mol. The number of ether oxygens (including phenoxy) is 2. The van der Waals surface area contributed by atoms with E-state index in [0.29, 0.717) is 24.2 Å². The fourth-order valence-corrected chi connectivity index (χ4v) is 3.13. The van der Waals surface area contributed by atoms with Gasteiger partial charge in [-0.25, -0.2) is 18.4 Å².